The first-order valence-corrected chi connectivity index (χ1v) is 5.95. The van der Waals surface area contributed by atoms with E-state index in [4.69, 9.17) is 11.6 Å². The minimum atomic E-state index is 0.756. The summed E-state index contributed by atoms with van der Waals surface area (Å²) in [5, 5.41) is 6.14. The molecule has 0 radical (unpaired) electrons. The van der Waals surface area contributed by atoms with Gasteiger partial charge in [0.2, 0.25) is 0 Å². The van der Waals surface area contributed by atoms with Crippen LogP contribution in [0.5, 0.6) is 0 Å². The van der Waals surface area contributed by atoms with E-state index in [-0.39, 0.29) is 0 Å². The zero-order valence-electron chi connectivity index (χ0n) is 8.33. The lowest BCUT2D eigenvalue weighted by molar-refractivity contribution is 1.07. The van der Waals surface area contributed by atoms with Gasteiger partial charge in [0.1, 0.15) is 0 Å². The van der Waals surface area contributed by atoms with Crippen molar-refractivity contribution in [1.82, 2.24) is 4.98 Å². The van der Waals surface area contributed by atoms with Gasteiger partial charge in [-0.05, 0) is 30.7 Å². The Bertz CT molecular complexity index is 440. The van der Waals surface area contributed by atoms with Crippen LogP contribution in [0.4, 0.5) is 5.69 Å². The first kappa shape index (κ1) is 10.5. The Kier molecular flexibility index (Phi) is 3.23. The Morgan fingerprint density at radius 3 is 3.00 bits per heavy atom. The average molecular weight is 239 g/mol. The fourth-order valence-corrected chi connectivity index (χ4v) is 2.12. The third kappa shape index (κ3) is 2.70. The lowest BCUT2D eigenvalue weighted by atomic mass is 10.2. The van der Waals surface area contributed by atoms with Crippen molar-refractivity contribution in [3.05, 3.63) is 45.4 Å². The minimum absolute atomic E-state index is 0.756. The summed E-state index contributed by atoms with van der Waals surface area (Å²) in [7, 11) is 0. The zero-order valence-corrected chi connectivity index (χ0v) is 9.90. The van der Waals surface area contributed by atoms with E-state index < -0.39 is 0 Å². The number of thiazole rings is 1. The summed E-state index contributed by atoms with van der Waals surface area (Å²) in [5.74, 6) is 0. The molecule has 1 aromatic carbocycles. The van der Waals surface area contributed by atoms with E-state index in [1.807, 2.05) is 36.0 Å². The van der Waals surface area contributed by atoms with Crippen molar-refractivity contribution in [2.45, 2.75) is 13.5 Å². The molecule has 0 saturated heterocycles. The average Bonchev–Trinajstić information content (AvgIpc) is 2.69. The quantitative estimate of drug-likeness (QED) is 0.882. The largest absolute Gasteiger partial charge is 0.379 e. The summed E-state index contributed by atoms with van der Waals surface area (Å²) >= 11 is 7.49. The molecule has 0 unspecified atom stereocenters. The summed E-state index contributed by atoms with van der Waals surface area (Å²) in [4.78, 5) is 4.21. The molecule has 2 nitrogen and oxygen atoms in total. The molecule has 15 heavy (non-hydrogen) atoms. The van der Waals surface area contributed by atoms with Gasteiger partial charge in [0.15, 0.2) is 0 Å². The van der Waals surface area contributed by atoms with Gasteiger partial charge in [-0.3, -0.25) is 0 Å². The van der Waals surface area contributed by atoms with E-state index in [0.717, 1.165) is 28.5 Å². The summed E-state index contributed by atoms with van der Waals surface area (Å²) in [6, 6.07) is 5.83. The van der Waals surface area contributed by atoms with Crippen molar-refractivity contribution in [1.29, 1.82) is 0 Å². The van der Waals surface area contributed by atoms with Gasteiger partial charge in [0.05, 0.1) is 17.7 Å². The van der Waals surface area contributed by atoms with Crippen molar-refractivity contribution in [3.8, 4) is 0 Å². The van der Waals surface area contributed by atoms with Crippen molar-refractivity contribution in [2.24, 2.45) is 0 Å². The number of hydrogen-bond acceptors (Lipinski definition) is 3. The molecule has 78 valence electrons. The number of hydrogen-bond donors (Lipinski definition) is 1. The predicted octanol–water partition coefficient (Wildman–Crippen LogP) is 3.72. The highest BCUT2D eigenvalue weighted by atomic mass is 35.5. The number of anilines is 1. The van der Waals surface area contributed by atoms with E-state index >= 15 is 0 Å². The first-order chi connectivity index (χ1) is 7.25. The number of benzene rings is 1. The highest BCUT2D eigenvalue weighted by Gasteiger charge is 1.99. The Labute approximate surface area is 97.9 Å². The smallest absolute Gasteiger partial charge is 0.0795 e. The molecule has 4 heteroatoms. The molecule has 2 aromatic rings. The second kappa shape index (κ2) is 4.64. The maximum absolute atomic E-state index is 5.88. The van der Waals surface area contributed by atoms with E-state index in [1.54, 1.807) is 11.3 Å². The molecule has 0 amide bonds. The van der Waals surface area contributed by atoms with Gasteiger partial charge in [-0.1, -0.05) is 11.6 Å². The van der Waals surface area contributed by atoms with E-state index in [0.29, 0.717) is 0 Å². The summed E-state index contributed by atoms with van der Waals surface area (Å²) in [5.41, 5.74) is 5.16. The van der Waals surface area contributed by atoms with Gasteiger partial charge in [-0.15, -0.1) is 11.3 Å². The van der Waals surface area contributed by atoms with Crippen LogP contribution in [-0.2, 0) is 6.54 Å². The number of aromatic nitrogens is 1. The molecule has 0 spiro atoms. The van der Waals surface area contributed by atoms with Gasteiger partial charge in [0, 0.05) is 16.1 Å². The van der Waals surface area contributed by atoms with Gasteiger partial charge >= 0.3 is 0 Å². The van der Waals surface area contributed by atoms with Gasteiger partial charge in [-0.2, -0.15) is 0 Å². The van der Waals surface area contributed by atoms with Crippen LogP contribution in [0.1, 0.15) is 11.3 Å². The van der Waals surface area contributed by atoms with Crippen molar-refractivity contribution >= 4 is 28.6 Å². The normalized spacial score (nSPS) is 10.3. The van der Waals surface area contributed by atoms with E-state index in [1.165, 1.54) is 0 Å². The Morgan fingerprint density at radius 2 is 2.33 bits per heavy atom. The van der Waals surface area contributed by atoms with E-state index in [2.05, 4.69) is 10.3 Å². The minimum Gasteiger partial charge on any atom is -0.379 e. The maximum Gasteiger partial charge on any atom is 0.0795 e. The molecule has 0 bridgehead atoms. The Balaban J connectivity index is 2.05. The third-order valence-electron chi connectivity index (χ3n) is 2.13. The monoisotopic (exact) mass is 238 g/mol. The van der Waals surface area contributed by atoms with Gasteiger partial charge < -0.3 is 5.32 Å². The van der Waals surface area contributed by atoms with Gasteiger partial charge in [-0.25, -0.2) is 4.98 Å². The molecule has 0 atom stereocenters. The molecule has 1 heterocycles. The molecule has 0 saturated carbocycles. The zero-order chi connectivity index (χ0) is 10.7. The van der Waals surface area contributed by atoms with Crippen molar-refractivity contribution in [2.75, 3.05) is 5.32 Å². The molecule has 0 aliphatic carbocycles. The molecule has 2 rings (SSSR count). The molecule has 1 N–H and O–H groups in total. The first-order valence-electron chi connectivity index (χ1n) is 4.63. The molecular weight excluding hydrogens is 228 g/mol. The Hall–Kier alpha value is -1.06. The van der Waals surface area contributed by atoms with Crippen LogP contribution in [0, 0.1) is 6.92 Å². The summed E-state index contributed by atoms with van der Waals surface area (Å²) in [6.07, 6.45) is 0. The predicted molar refractivity (Wildman–Crippen MR) is 65.6 cm³/mol. The number of nitrogens with zero attached hydrogens (tertiary/aromatic N) is 1. The van der Waals surface area contributed by atoms with Crippen LogP contribution in [-0.4, -0.2) is 4.98 Å². The topological polar surface area (TPSA) is 24.9 Å². The lowest BCUT2D eigenvalue weighted by Crippen LogP contribution is -2.00. The third-order valence-corrected chi connectivity index (χ3v) is 3.00. The van der Waals surface area contributed by atoms with Crippen molar-refractivity contribution in [3.63, 3.8) is 0 Å². The summed E-state index contributed by atoms with van der Waals surface area (Å²) in [6.45, 7) is 2.79. The SMILES string of the molecule is Cc1cc(Cl)ccc1NCc1cscn1. The lowest BCUT2D eigenvalue weighted by Gasteiger charge is -2.08. The highest BCUT2D eigenvalue weighted by Crippen LogP contribution is 2.20. The second-order valence-electron chi connectivity index (χ2n) is 3.29. The molecular formula is C11H11ClN2S. The molecule has 0 aliphatic rings. The maximum atomic E-state index is 5.88. The number of nitrogens with one attached hydrogen (secondary N) is 1. The van der Waals surface area contributed by atoms with Crippen LogP contribution in [0.2, 0.25) is 5.02 Å². The van der Waals surface area contributed by atoms with Crippen LogP contribution in [0.3, 0.4) is 0 Å². The molecule has 0 aliphatic heterocycles. The number of halogens is 1. The second-order valence-corrected chi connectivity index (χ2v) is 4.45. The van der Waals surface area contributed by atoms with Gasteiger partial charge in [0.25, 0.3) is 0 Å². The Morgan fingerprint density at radius 1 is 1.47 bits per heavy atom. The molecule has 0 fully saturated rings. The molecule has 1 aromatic heterocycles. The van der Waals surface area contributed by atoms with Crippen LogP contribution in [0.25, 0.3) is 0 Å². The number of aryl methyl sites for hydroxylation is 1. The fourth-order valence-electron chi connectivity index (χ4n) is 1.34. The van der Waals surface area contributed by atoms with Crippen LogP contribution >= 0.6 is 22.9 Å². The van der Waals surface area contributed by atoms with E-state index in [9.17, 15) is 0 Å². The van der Waals surface area contributed by atoms with Crippen LogP contribution in [0.15, 0.2) is 29.1 Å². The van der Waals surface area contributed by atoms with Crippen LogP contribution < -0.4 is 5.32 Å². The number of rotatable bonds is 3. The summed E-state index contributed by atoms with van der Waals surface area (Å²) < 4.78 is 0. The standard InChI is InChI=1S/C11H11ClN2S/c1-8-4-9(12)2-3-11(8)13-5-10-6-15-7-14-10/h2-4,6-7,13H,5H2,1H3. The fraction of sp³-hybridized carbons (Fsp3) is 0.182. The van der Waals surface area contributed by atoms with Crippen molar-refractivity contribution < 1.29 is 0 Å². The highest BCUT2D eigenvalue weighted by molar-refractivity contribution is 7.07.